The summed E-state index contributed by atoms with van der Waals surface area (Å²) in [6, 6.07) is 2.39. The molecule has 1 aromatic carbocycles. The quantitative estimate of drug-likeness (QED) is 0.255. The average Bonchev–Trinajstić information content (AvgIpc) is 3.50. The zero-order chi connectivity index (χ0) is 36.2. The number of fused-ring (bicyclic) bond motifs is 1. The van der Waals surface area contributed by atoms with E-state index in [4.69, 9.17) is 83.3 Å². The number of alkyl carbamates (subject to hydrolysis) is 1. The molecule has 1 aromatic rings. The number of hydrogen-bond acceptors (Lipinski definition) is 12. The molecular formula is C26H30BrCl6N7O8S. The van der Waals surface area contributed by atoms with Gasteiger partial charge in [-0.05, 0) is 17.9 Å². The van der Waals surface area contributed by atoms with Crippen LogP contribution < -0.4 is 25.4 Å². The van der Waals surface area contributed by atoms with Crippen LogP contribution in [0.5, 0.6) is 5.75 Å². The van der Waals surface area contributed by atoms with E-state index in [2.05, 4.69) is 60.4 Å². The second-order valence-corrected chi connectivity index (χ2v) is 19.1. The average molecular weight is 893 g/mol. The molecule has 15 nitrogen and oxygen atoms in total. The molecule has 1 fully saturated rings. The van der Waals surface area contributed by atoms with Crippen LogP contribution in [0.25, 0.3) is 0 Å². The fourth-order valence-corrected chi connectivity index (χ4v) is 7.77. The largest absolute Gasteiger partial charge is 0.492 e. The molecule has 0 bridgehead atoms. The predicted octanol–water partition coefficient (Wildman–Crippen LogP) is 3.00. The Hall–Kier alpha value is -1.41. The van der Waals surface area contributed by atoms with E-state index in [1.54, 1.807) is 12.1 Å². The number of aliphatic hydroxyl groups is 1. The minimum absolute atomic E-state index is 0.118. The van der Waals surface area contributed by atoms with Gasteiger partial charge < -0.3 is 30.1 Å². The van der Waals surface area contributed by atoms with Gasteiger partial charge in [-0.15, -0.1) is 0 Å². The van der Waals surface area contributed by atoms with Gasteiger partial charge in [0.1, 0.15) is 31.1 Å². The second-order valence-electron chi connectivity index (χ2n) is 12.1. The first-order valence-electron chi connectivity index (χ1n) is 14.4. The highest BCUT2D eigenvalue weighted by atomic mass is 79.9. The first kappa shape index (κ1) is 38.8. The van der Waals surface area contributed by atoms with Crippen LogP contribution in [0.3, 0.4) is 0 Å². The number of para-hydroxylation sites is 1. The third-order valence-corrected chi connectivity index (χ3v) is 10.4. The standard InChI is InChI=1S/C26H30BrCl6N7O8S/c1-23(2)6-7-46-16-12(4-3-5-13(16)23)19(42)34-15-9-40-21(37-22(43)47-10-24(28,29)30)35-14(8-27)17-26(40,18(15)41)38-20(36-17)39-49(44,45)48-11-25(31,32)33/h3-5,14-15,17-18,41H,6-11H2,1-2H3,(H,34,42)(H,35,37,43)(H2,36,38,39)/t14-,15-,17-,18-,26-/m0/s1. The molecule has 5 N–H and O–H groups in total. The molecular weight excluding hydrogens is 863 g/mol. The molecule has 0 unspecified atom stereocenters. The summed E-state index contributed by atoms with van der Waals surface area (Å²) in [6.07, 6.45) is -1.80. The molecule has 5 atom stereocenters. The molecule has 1 saturated heterocycles. The minimum Gasteiger partial charge on any atom is -0.492 e. The van der Waals surface area contributed by atoms with Crippen LogP contribution in [-0.4, -0.2) is 112 Å². The van der Waals surface area contributed by atoms with Crippen LogP contribution in [0.15, 0.2) is 28.2 Å². The first-order valence-corrected chi connectivity index (χ1v) is 19.2. The van der Waals surface area contributed by atoms with Crippen molar-refractivity contribution in [1.82, 2.24) is 25.6 Å². The lowest BCUT2D eigenvalue weighted by Crippen LogP contribution is -2.73. The topological polar surface area (TPSA) is 192 Å². The van der Waals surface area contributed by atoms with E-state index in [-0.39, 0.29) is 34.8 Å². The van der Waals surface area contributed by atoms with Crippen LogP contribution in [-0.2, 0) is 24.6 Å². The number of nitrogens with zero attached hydrogens (tertiary/aromatic N) is 3. The molecule has 2 amide bonds. The number of aliphatic hydroxyl groups excluding tert-OH is 1. The Morgan fingerprint density at radius 3 is 2.51 bits per heavy atom. The number of carbonyl (C=O) groups is 2. The maximum Gasteiger partial charge on any atom is 0.414 e. The molecule has 0 aromatic heterocycles. The first-order chi connectivity index (χ1) is 22.7. The maximum absolute atomic E-state index is 13.8. The summed E-state index contributed by atoms with van der Waals surface area (Å²) in [5.41, 5.74) is -0.821. The van der Waals surface area contributed by atoms with Gasteiger partial charge in [-0.2, -0.15) is 8.42 Å². The highest BCUT2D eigenvalue weighted by Crippen LogP contribution is 2.43. The number of rotatable bonds is 7. The van der Waals surface area contributed by atoms with E-state index in [1.807, 2.05) is 6.07 Å². The Balaban J connectivity index is 1.46. The molecule has 4 heterocycles. The Morgan fingerprint density at radius 1 is 1.16 bits per heavy atom. The van der Waals surface area contributed by atoms with Gasteiger partial charge in [0.15, 0.2) is 5.66 Å². The van der Waals surface area contributed by atoms with Crippen LogP contribution in [0, 0.1) is 0 Å². The monoisotopic (exact) mass is 889 g/mol. The molecule has 0 aliphatic carbocycles. The van der Waals surface area contributed by atoms with Gasteiger partial charge in [0.05, 0.1) is 24.3 Å². The van der Waals surface area contributed by atoms with Crippen molar-refractivity contribution >= 4 is 120 Å². The number of aliphatic imine (C=N–C) groups is 2. The van der Waals surface area contributed by atoms with E-state index in [9.17, 15) is 23.1 Å². The Kier molecular flexibility index (Phi) is 11.2. The molecule has 5 rings (SSSR count). The lowest BCUT2D eigenvalue weighted by molar-refractivity contribution is 0.0150. The predicted molar refractivity (Wildman–Crippen MR) is 189 cm³/mol. The van der Waals surface area contributed by atoms with E-state index >= 15 is 0 Å². The smallest absolute Gasteiger partial charge is 0.414 e. The third-order valence-electron chi connectivity index (χ3n) is 8.22. The van der Waals surface area contributed by atoms with Gasteiger partial charge in [-0.25, -0.2) is 23.7 Å². The number of alkyl halides is 7. The number of benzene rings is 1. The van der Waals surface area contributed by atoms with Gasteiger partial charge >= 0.3 is 16.4 Å². The van der Waals surface area contributed by atoms with Crippen molar-refractivity contribution in [2.45, 2.75) is 63.2 Å². The van der Waals surface area contributed by atoms with Crippen LogP contribution in [0.4, 0.5) is 4.79 Å². The zero-order valence-corrected chi connectivity index (χ0v) is 32.4. The van der Waals surface area contributed by atoms with Gasteiger partial charge in [-0.1, -0.05) is 112 Å². The van der Waals surface area contributed by atoms with Crippen molar-refractivity contribution in [3.63, 3.8) is 0 Å². The Labute approximate surface area is 320 Å². The second kappa shape index (κ2) is 14.2. The van der Waals surface area contributed by atoms with Crippen LogP contribution in [0.1, 0.15) is 36.2 Å². The highest BCUT2D eigenvalue weighted by molar-refractivity contribution is 9.09. The molecule has 4 aliphatic heterocycles. The number of amides is 2. The summed E-state index contributed by atoms with van der Waals surface area (Å²) in [5.74, 6) is -0.588. The summed E-state index contributed by atoms with van der Waals surface area (Å²) >= 11 is 37.5. The van der Waals surface area contributed by atoms with Crippen LogP contribution >= 0.6 is 85.5 Å². The molecule has 1 spiro atoms. The third kappa shape index (κ3) is 8.47. The lowest BCUT2D eigenvalue weighted by Gasteiger charge is -2.46. The van der Waals surface area contributed by atoms with Crippen molar-refractivity contribution in [1.29, 1.82) is 0 Å². The molecule has 0 radical (unpaired) electrons. The van der Waals surface area contributed by atoms with E-state index < -0.39 is 73.0 Å². The molecule has 0 saturated carbocycles. The lowest BCUT2D eigenvalue weighted by atomic mass is 9.79. The van der Waals surface area contributed by atoms with Crippen molar-refractivity contribution in [2.24, 2.45) is 9.98 Å². The van der Waals surface area contributed by atoms with Crippen molar-refractivity contribution in [3.8, 4) is 5.75 Å². The normalized spacial score (nSPS) is 27.3. The fourth-order valence-electron chi connectivity index (χ4n) is 6.02. The van der Waals surface area contributed by atoms with Gasteiger partial charge in [0, 0.05) is 17.4 Å². The van der Waals surface area contributed by atoms with E-state index in [0.29, 0.717) is 12.4 Å². The van der Waals surface area contributed by atoms with Crippen molar-refractivity contribution in [2.75, 3.05) is 31.7 Å². The number of nitrogens with one attached hydrogen (secondary N) is 4. The number of guanidine groups is 2. The minimum atomic E-state index is -4.61. The highest BCUT2D eigenvalue weighted by Gasteiger charge is 2.66. The number of carbonyl (C=O) groups excluding carboxylic acids is 2. The summed E-state index contributed by atoms with van der Waals surface area (Å²) < 4.78 is 39.3. The van der Waals surface area contributed by atoms with E-state index in [0.717, 1.165) is 12.0 Å². The summed E-state index contributed by atoms with van der Waals surface area (Å²) in [7, 11) is -4.61. The zero-order valence-electron chi connectivity index (χ0n) is 25.5. The Bertz CT molecular complexity index is 1660. The van der Waals surface area contributed by atoms with Gasteiger partial charge in [0.25, 0.3) is 5.91 Å². The number of halogens is 7. The van der Waals surface area contributed by atoms with Gasteiger partial charge in [-0.3, -0.25) is 10.1 Å². The summed E-state index contributed by atoms with van der Waals surface area (Å²) in [4.78, 5) is 37.1. The summed E-state index contributed by atoms with van der Waals surface area (Å²) in [6.45, 7) is 2.94. The molecule has 49 heavy (non-hydrogen) atoms. The van der Waals surface area contributed by atoms with Crippen molar-refractivity contribution in [3.05, 3.63) is 29.3 Å². The maximum atomic E-state index is 13.8. The van der Waals surface area contributed by atoms with E-state index in [1.165, 1.54) is 4.90 Å². The molecule has 23 heteroatoms. The summed E-state index contributed by atoms with van der Waals surface area (Å²) in [5, 5.41) is 20.4. The molecule has 272 valence electrons. The number of hydrogen-bond donors (Lipinski definition) is 5. The molecule has 4 aliphatic rings. The van der Waals surface area contributed by atoms with Gasteiger partial charge in [0.2, 0.25) is 19.5 Å². The van der Waals surface area contributed by atoms with Crippen LogP contribution in [0.2, 0.25) is 0 Å². The fraction of sp³-hybridized carbons (Fsp3) is 0.615. The van der Waals surface area contributed by atoms with Crippen molar-refractivity contribution < 1.29 is 36.8 Å². The number of ether oxygens (including phenoxy) is 2. The Morgan fingerprint density at radius 2 is 1.86 bits per heavy atom. The SMILES string of the molecule is CC1(C)CCOc2c(C(=O)N[C@H]3CN4C(NC(=O)OCC(Cl)(Cl)Cl)=N[C@@H](CBr)[C@@H]5N=C(NS(=O)(=O)OCC(Cl)(Cl)Cl)N[C@@]54[C@H]3O)cccc21.